The maximum Gasteiger partial charge on any atom is 0.424 e. The molecule has 0 aromatic heterocycles. The summed E-state index contributed by atoms with van der Waals surface area (Å²) >= 11 is 0. The second-order valence-corrected chi connectivity index (χ2v) is 3.83. The highest BCUT2D eigenvalue weighted by Crippen LogP contribution is 2.35. The second kappa shape index (κ2) is 4.41. The molecule has 1 atom stereocenters. The fourth-order valence-corrected chi connectivity index (χ4v) is 1.32. The summed E-state index contributed by atoms with van der Waals surface area (Å²) in [5, 5.41) is 0. The third-order valence-corrected chi connectivity index (χ3v) is 2.44. The first-order valence-corrected chi connectivity index (χ1v) is 4.80. The van der Waals surface area contributed by atoms with Gasteiger partial charge >= 0.3 is 6.18 Å². The summed E-state index contributed by atoms with van der Waals surface area (Å²) < 4.78 is 50.8. The average Bonchev–Trinajstić information content (AvgIpc) is 2.19. The van der Waals surface area contributed by atoms with Crippen LogP contribution in [0.1, 0.15) is 11.1 Å². The van der Waals surface area contributed by atoms with E-state index in [1.165, 1.54) is 12.1 Å². The van der Waals surface area contributed by atoms with E-state index in [0.29, 0.717) is 0 Å². The Kier molecular flexibility index (Phi) is 3.57. The molecule has 16 heavy (non-hydrogen) atoms. The minimum Gasteiger partial charge on any atom is -0.327 e. The van der Waals surface area contributed by atoms with Crippen LogP contribution in [0.25, 0.3) is 0 Å². The number of aryl methyl sites for hydroxylation is 1. The Morgan fingerprint density at radius 1 is 1.06 bits per heavy atom. The fraction of sp³-hybridized carbons (Fsp3) is 0.455. The fourth-order valence-electron chi connectivity index (χ4n) is 1.32. The molecule has 5 heteroatoms. The molecule has 0 aliphatic heterocycles. The topological polar surface area (TPSA) is 26.0 Å². The van der Waals surface area contributed by atoms with Gasteiger partial charge in [-0.25, -0.2) is 4.39 Å². The zero-order valence-electron chi connectivity index (χ0n) is 8.81. The Bertz CT molecular complexity index is 344. The molecule has 0 spiro atoms. The maximum absolute atomic E-state index is 13.6. The summed E-state index contributed by atoms with van der Waals surface area (Å²) in [6, 6.07) is 6.24. The molecule has 1 unspecified atom stereocenters. The Balaban J connectivity index is 2.89. The molecular formula is C11H13F4N. The molecule has 1 nitrogen and oxygen atoms in total. The Morgan fingerprint density at radius 3 is 1.94 bits per heavy atom. The Labute approximate surface area is 91.3 Å². The van der Waals surface area contributed by atoms with Gasteiger partial charge in [0.15, 0.2) is 0 Å². The van der Waals surface area contributed by atoms with E-state index < -0.39 is 24.8 Å². The Morgan fingerprint density at radius 2 is 1.56 bits per heavy atom. The largest absolute Gasteiger partial charge is 0.424 e. The zero-order chi connectivity index (χ0) is 12.4. The number of nitrogens with two attached hydrogens (primary N) is 1. The quantitative estimate of drug-likeness (QED) is 0.801. The molecule has 0 amide bonds. The van der Waals surface area contributed by atoms with Crippen LogP contribution in [0.3, 0.4) is 0 Å². The summed E-state index contributed by atoms with van der Waals surface area (Å²) in [5.41, 5.74) is 2.73. The van der Waals surface area contributed by atoms with Crippen molar-refractivity contribution in [3.63, 3.8) is 0 Å². The first kappa shape index (κ1) is 13.0. The lowest BCUT2D eigenvalue weighted by Crippen LogP contribution is -2.49. The monoisotopic (exact) mass is 235 g/mol. The maximum atomic E-state index is 13.6. The molecule has 0 radical (unpaired) electrons. The van der Waals surface area contributed by atoms with Gasteiger partial charge in [0.1, 0.15) is 0 Å². The van der Waals surface area contributed by atoms with Crippen molar-refractivity contribution in [2.75, 3.05) is 6.54 Å². The van der Waals surface area contributed by atoms with Crippen molar-refractivity contribution in [1.29, 1.82) is 0 Å². The van der Waals surface area contributed by atoms with Crippen molar-refractivity contribution in [2.45, 2.75) is 25.2 Å². The van der Waals surface area contributed by atoms with Crippen LogP contribution in [0, 0.1) is 6.92 Å². The van der Waals surface area contributed by atoms with Crippen LogP contribution >= 0.6 is 0 Å². The molecule has 0 fully saturated rings. The highest BCUT2D eigenvalue weighted by molar-refractivity contribution is 5.23. The minimum absolute atomic E-state index is 0.288. The lowest BCUT2D eigenvalue weighted by Gasteiger charge is -2.26. The molecule has 0 aliphatic carbocycles. The van der Waals surface area contributed by atoms with Gasteiger partial charge in [-0.3, -0.25) is 0 Å². The van der Waals surface area contributed by atoms with Gasteiger partial charge in [0.25, 0.3) is 0 Å². The molecule has 0 saturated carbocycles. The molecule has 0 saturated heterocycles. The highest BCUT2D eigenvalue weighted by Gasteiger charge is 2.54. The molecule has 0 heterocycles. The molecule has 90 valence electrons. The van der Waals surface area contributed by atoms with Crippen LogP contribution < -0.4 is 5.73 Å². The van der Waals surface area contributed by atoms with Crippen LogP contribution in [-0.4, -0.2) is 18.4 Å². The van der Waals surface area contributed by atoms with Crippen molar-refractivity contribution < 1.29 is 17.6 Å². The van der Waals surface area contributed by atoms with E-state index in [1.807, 2.05) is 0 Å². The number of hydrogen-bond donors (Lipinski definition) is 1. The number of benzene rings is 1. The predicted molar refractivity (Wildman–Crippen MR) is 53.8 cm³/mol. The van der Waals surface area contributed by atoms with E-state index in [9.17, 15) is 17.6 Å². The first-order valence-electron chi connectivity index (χ1n) is 4.80. The number of hydrogen-bond acceptors (Lipinski definition) is 1. The summed E-state index contributed by atoms with van der Waals surface area (Å²) in [7, 11) is 0. The third-order valence-electron chi connectivity index (χ3n) is 2.44. The summed E-state index contributed by atoms with van der Waals surface area (Å²) in [6.07, 6.45) is -5.68. The van der Waals surface area contributed by atoms with Gasteiger partial charge in [0.05, 0.1) is 0 Å². The Hall–Kier alpha value is -1.10. The molecule has 1 aromatic rings. The summed E-state index contributed by atoms with van der Waals surface area (Å²) in [6.45, 7) is 0.740. The van der Waals surface area contributed by atoms with Gasteiger partial charge in [0, 0.05) is 13.0 Å². The van der Waals surface area contributed by atoms with Gasteiger partial charge < -0.3 is 5.73 Å². The normalized spacial score (nSPS) is 15.9. The van der Waals surface area contributed by atoms with Gasteiger partial charge in [-0.15, -0.1) is 0 Å². The van der Waals surface area contributed by atoms with Crippen molar-refractivity contribution in [3.8, 4) is 0 Å². The van der Waals surface area contributed by atoms with E-state index in [2.05, 4.69) is 0 Å². The van der Waals surface area contributed by atoms with Gasteiger partial charge in [-0.05, 0) is 12.5 Å². The molecule has 2 N–H and O–H groups in total. The van der Waals surface area contributed by atoms with E-state index >= 15 is 0 Å². The predicted octanol–water partition coefficient (Wildman–Crippen LogP) is 2.77. The summed E-state index contributed by atoms with van der Waals surface area (Å²) in [5.74, 6) is 0. The second-order valence-electron chi connectivity index (χ2n) is 3.83. The molecule has 1 rings (SSSR count). The zero-order valence-corrected chi connectivity index (χ0v) is 8.81. The van der Waals surface area contributed by atoms with Gasteiger partial charge in [-0.1, -0.05) is 29.8 Å². The first-order chi connectivity index (χ1) is 7.28. The van der Waals surface area contributed by atoms with Crippen LogP contribution in [-0.2, 0) is 6.42 Å². The standard InChI is InChI=1S/C11H13F4N/c1-8-2-4-9(5-3-8)6-10(12,7-16)11(13,14)15/h2-5H,6-7,16H2,1H3. The van der Waals surface area contributed by atoms with Crippen molar-refractivity contribution in [2.24, 2.45) is 5.73 Å². The van der Waals surface area contributed by atoms with Gasteiger partial charge in [0.2, 0.25) is 5.67 Å². The molecule has 1 aromatic carbocycles. The average molecular weight is 235 g/mol. The molecular weight excluding hydrogens is 222 g/mol. The SMILES string of the molecule is Cc1ccc(CC(F)(CN)C(F)(F)F)cc1. The molecule has 0 aliphatic rings. The van der Waals surface area contributed by atoms with E-state index in [0.717, 1.165) is 5.56 Å². The smallest absolute Gasteiger partial charge is 0.327 e. The summed E-state index contributed by atoms with van der Waals surface area (Å²) in [4.78, 5) is 0. The lowest BCUT2D eigenvalue weighted by atomic mass is 9.95. The van der Waals surface area contributed by atoms with Crippen LogP contribution in [0.15, 0.2) is 24.3 Å². The van der Waals surface area contributed by atoms with E-state index in [4.69, 9.17) is 5.73 Å². The van der Waals surface area contributed by atoms with Crippen LogP contribution in [0.2, 0.25) is 0 Å². The number of rotatable bonds is 3. The minimum atomic E-state index is -4.94. The number of alkyl halides is 4. The van der Waals surface area contributed by atoms with Crippen LogP contribution in [0.4, 0.5) is 17.6 Å². The van der Waals surface area contributed by atoms with Gasteiger partial charge in [-0.2, -0.15) is 13.2 Å². The van der Waals surface area contributed by atoms with E-state index in [-0.39, 0.29) is 5.56 Å². The van der Waals surface area contributed by atoms with Crippen molar-refractivity contribution >= 4 is 0 Å². The van der Waals surface area contributed by atoms with Crippen molar-refractivity contribution in [3.05, 3.63) is 35.4 Å². The lowest BCUT2D eigenvalue weighted by molar-refractivity contribution is -0.226. The highest BCUT2D eigenvalue weighted by atomic mass is 19.4. The van der Waals surface area contributed by atoms with E-state index in [1.54, 1.807) is 19.1 Å². The van der Waals surface area contributed by atoms with Crippen molar-refractivity contribution in [1.82, 2.24) is 0 Å². The van der Waals surface area contributed by atoms with Crippen LogP contribution in [0.5, 0.6) is 0 Å². The third kappa shape index (κ3) is 2.72. The molecule has 0 bridgehead atoms. The number of halogens is 4.